The first-order valence-corrected chi connectivity index (χ1v) is 8.57. The highest BCUT2D eigenvalue weighted by molar-refractivity contribution is 5.91. The summed E-state index contributed by atoms with van der Waals surface area (Å²) in [6, 6.07) is 24.5. The van der Waals surface area contributed by atoms with E-state index < -0.39 is 0 Å². The minimum absolute atomic E-state index is 0.0340. The number of anilines is 1. The van der Waals surface area contributed by atoms with Gasteiger partial charge in [0.05, 0.1) is 0 Å². The molecule has 0 radical (unpaired) electrons. The normalized spacial score (nSPS) is 10.2. The Kier molecular flexibility index (Phi) is 5.88. The Morgan fingerprint density at radius 3 is 2.08 bits per heavy atom. The lowest BCUT2D eigenvalue weighted by Crippen LogP contribution is -2.20. The third kappa shape index (κ3) is 5.11. The Morgan fingerprint density at radius 1 is 0.808 bits per heavy atom. The number of para-hydroxylation sites is 1. The van der Waals surface area contributed by atoms with Gasteiger partial charge in [0.15, 0.2) is 6.61 Å². The van der Waals surface area contributed by atoms with E-state index in [9.17, 15) is 4.79 Å². The largest absolute Gasteiger partial charge is 0.484 e. The van der Waals surface area contributed by atoms with Crippen molar-refractivity contribution in [1.29, 1.82) is 0 Å². The van der Waals surface area contributed by atoms with Gasteiger partial charge in [-0.3, -0.25) is 4.79 Å². The van der Waals surface area contributed by atoms with Crippen molar-refractivity contribution in [3.8, 4) is 17.2 Å². The number of benzene rings is 3. The predicted molar refractivity (Wildman–Crippen MR) is 103 cm³/mol. The van der Waals surface area contributed by atoms with Crippen LogP contribution in [0.3, 0.4) is 0 Å². The second-order valence-electron chi connectivity index (χ2n) is 5.77. The molecule has 1 amide bonds. The maximum atomic E-state index is 12.0. The average molecular weight is 347 g/mol. The number of ether oxygens (including phenoxy) is 2. The number of aryl methyl sites for hydroxylation is 1. The summed E-state index contributed by atoms with van der Waals surface area (Å²) < 4.78 is 11.2. The zero-order valence-corrected chi connectivity index (χ0v) is 14.6. The van der Waals surface area contributed by atoms with Crippen LogP contribution in [0.4, 0.5) is 5.69 Å². The number of hydrogen-bond acceptors (Lipinski definition) is 3. The van der Waals surface area contributed by atoms with Gasteiger partial charge in [-0.25, -0.2) is 0 Å². The van der Waals surface area contributed by atoms with Crippen LogP contribution in [-0.4, -0.2) is 12.5 Å². The van der Waals surface area contributed by atoms with Crippen LogP contribution in [-0.2, 0) is 11.2 Å². The van der Waals surface area contributed by atoms with Crippen LogP contribution in [0.5, 0.6) is 17.2 Å². The summed E-state index contributed by atoms with van der Waals surface area (Å²) >= 11 is 0. The average Bonchev–Trinajstić information content (AvgIpc) is 2.69. The Labute approximate surface area is 153 Å². The first kappa shape index (κ1) is 17.5. The lowest BCUT2D eigenvalue weighted by Gasteiger charge is -2.09. The Bertz CT molecular complexity index is 828. The smallest absolute Gasteiger partial charge is 0.262 e. The van der Waals surface area contributed by atoms with Crippen LogP contribution in [0, 0.1) is 0 Å². The summed E-state index contributed by atoms with van der Waals surface area (Å²) in [5.41, 5.74) is 1.93. The fourth-order valence-corrected chi connectivity index (χ4v) is 2.40. The molecular formula is C22H21NO3. The summed E-state index contributed by atoms with van der Waals surface area (Å²) in [6.07, 6.45) is 0.977. The van der Waals surface area contributed by atoms with E-state index in [1.165, 1.54) is 5.56 Å². The zero-order chi connectivity index (χ0) is 18.2. The van der Waals surface area contributed by atoms with Crippen LogP contribution in [0.2, 0.25) is 0 Å². The molecule has 0 saturated carbocycles. The number of carbonyl (C=O) groups is 1. The van der Waals surface area contributed by atoms with E-state index in [4.69, 9.17) is 9.47 Å². The molecule has 4 heteroatoms. The number of hydrogen-bond donors (Lipinski definition) is 1. The molecule has 4 nitrogen and oxygen atoms in total. The first-order chi connectivity index (χ1) is 12.7. The molecule has 132 valence electrons. The Morgan fingerprint density at radius 2 is 1.42 bits per heavy atom. The highest BCUT2D eigenvalue weighted by Gasteiger charge is 2.05. The van der Waals surface area contributed by atoms with Gasteiger partial charge in [-0.15, -0.1) is 0 Å². The summed E-state index contributed by atoms with van der Waals surface area (Å²) in [5.74, 6) is 1.96. The standard InChI is InChI=1S/C22H21NO3/c1-2-17-8-12-19(13-9-17)25-16-22(24)23-18-10-14-21(15-11-18)26-20-6-4-3-5-7-20/h3-15H,2,16H2,1H3,(H,23,24). The van der Waals surface area contributed by atoms with Crippen LogP contribution in [0.25, 0.3) is 0 Å². The molecule has 0 spiro atoms. The second-order valence-corrected chi connectivity index (χ2v) is 5.77. The molecule has 0 fully saturated rings. The molecule has 3 aromatic rings. The molecule has 0 unspecified atom stereocenters. The van der Waals surface area contributed by atoms with E-state index in [1.54, 1.807) is 12.1 Å². The van der Waals surface area contributed by atoms with Crippen molar-refractivity contribution >= 4 is 11.6 Å². The van der Waals surface area contributed by atoms with Gasteiger partial charge >= 0.3 is 0 Å². The van der Waals surface area contributed by atoms with Gasteiger partial charge in [-0.2, -0.15) is 0 Å². The minimum Gasteiger partial charge on any atom is -0.484 e. The van der Waals surface area contributed by atoms with Crippen molar-refractivity contribution in [2.75, 3.05) is 11.9 Å². The summed E-state index contributed by atoms with van der Waals surface area (Å²) in [4.78, 5) is 12.0. The van der Waals surface area contributed by atoms with Crippen LogP contribution >= 0.6 is 0 Å². The van der Waals surface area contributed by atoms with Gasteiger partial charge < -0.3 is 14.8 Å². The van der Waals surface area contributed by atoms with E-state index in [1.807, 2.05) is 66.7 Å². The van der Waals surface area contributed by atoms with E-state index >= 15 is 0 Å². The van der Waals surface area contributed by atoms with E-state index in [-0.39, 0.29) is 12.5 Å². The molecule has 0 atom stereocenters. The van der Waals surface area contributed by atoms with Gasteiger partial charge in [0.2, 0.25) is 0 Å². The van der Waals surface area contributed by atoms with Crippen molar-refractivity contribution in [2.24, 2.45) is 0 Å². The summed E-state index contributed by atoms with van der Waals surface area (Å²) in [6.45, 7) is 2.06. The fraction of sp³-hybridized carbons (Fsp3) is 0.136. The maximum Gasteiger partial charge on any atom is 0.262 e. The topological polar surface area (TPSA) is 47.6 Å². The van der Waals surface area contributed by atoms with E-state index in [0.29, 0.717) is 17.2 Å². The quantitative estimate of drug-likeness (QED) is 0.650. The number of carbonyl (C=O) groups excluding carboxylic acids is 1. The maximum absolute atomic E-state index is 12.0. The number of rotatable bonds is 7. The van der Waals surface area contributed by atoms with Crippen molar-refractivity contribution in [3.05, 3.63) is 84.4 Å². The highest BCUT2D eigenvalue weighted by atomic mass is 16.5. The lowest BCUT2D eigenvalue weighted by molar-refractivity contribution is -0.118. The van der Waals surface area contributed by atoms with Crippen molar-refractivity contribution < 1.29 is 14.3 Å². The van der Waals surface area contributed by atoms with Crippen LogP contribution < -0.4 is 14.8 Å². The SMILES string of the molecule is CCc1ccc(OCC(=O)Nc2ccc(Oc3ccccc3)cc2)cc1. The molecule has 0 aliphatic rings. The van der Waals surface area contributed by atoms with Gasteiger partial charge in [0.1, 0.15) is 17.2 Å². The van der Waals surface area contributed by atoms with Gasteiger partial charge in [0.25, 0.3) is 5.91 Å². The second kappa shape index (κ2) is 8.72. The molecule has 0 heterocycles. The third-order valence-electron chi connectivity index (χ3n) is 3.82. The molecular weight excluding hydrogens is 326 g/mol. The van der Waals surface area contributed by atoms with Gasteiger partial charge in [-0.05, 0) is 60.5 Å². The van der Waals surface area contributed by atoms with Crippen molar-refractivity contribution in [3.63, 3.8) is 0 Å². The highest BCUT2D eigenvalue weighted by Crippen LogP contribution is 2.22. The fourth-order valence-electron chi connectivity index (χ4n) is 2.40. The molecule has 0 saturated heterocycles. The summed E-state index contributed by atoms with van der Waals surface area (Å²) in [5, 5.41) is 2.81. The van der Waals surface area contributed by atoms with Crippen molar-refractivity contribution in [2.45, 2.75) is 13.3 Å². The van der Waals surface area contributed by atoms with Crippen LogP contribution in [0.1, 0.15) is 12.5 Å². The number of amides is 1. The lowest BCUT2D eigenvalue weighted by atomic mass is 10.2. The van der Waals surface area contributed by atoms with Gasteiger partial charge in [0, 0.05) is 5.69 Å². The molecule has 0 aliphatic carbocycles. The Balaban J connectivity index is 1.49. The van der Waals surface area contributed by atoms with Gasteiger partial charge in [-0.1, -0.05) is 37.3 Å². The predicted octanol–water partition coefficient (Wildman–Crippen LogP) is 5.06. The van der Waals surface area contributed by atoms with E-state index in [2.05, 4.69) is 12.2 Å². The molecule has 0 bridgehead atoms. The molecule has 26 heavy (non-hydrogen) atoms. The zero-order valence-electron chi connectivity index (χ0n) is 14.6. The van der Waals surface area contributed by atoms with E-state index in [0.717, 1.165) is 12.2 Å². The van der Waals surface area contributed by atoms with Crippen molar-refractivity contribution in [1.82, 2.24) is 0 Å². The summed E-state index contributed by atoms with van der Waals surface area (Å²) in [7, 11) is 0. The molecule has 1 N–H and O–H groups in total. The Hall–Kier alpha value is -3.27. The molecule has 0 aromatic heterocycles. The molecule has 3 rings (SSSR count). The molecule has 0 aliphatic heterocycles. The molecule has 3 aromatic carbocycles. The van der Waals surface area contributed by atoms with Crippen LogP contribution in [0.15, 0.2) is 78.9 Å². The number of nitrogens with one attached hydrogen (secondary N) is 1. The minimum atomic E-state index is -0.207. The monoisotopic (exact) mass is 347 g/mol. The first-order valence-electron chi connectivity index (χ1n) is 8.57. The third-order valence-corrected chi connectivity index (χ3v) is 3.82.